The van der Waals surface area contributed by atoms with E-state index in [-0.39, 0.29) is 23.4 Å². The summed E-state index contributed by atoms with van der Waals surface area (Å²) in [4.78, 5) is 7.26. The van der Waals surface area contributed by atoms with Crippen LogP contribution in [0.4, 0.5) is 18.9 Å². The molecular weight excluding hydrogens is 275 g/mol. The lowest BCUT2D eigenvalue weighted by molar-refractivity contribution is -0.153. The lowest BCUT2D eigenvalue weighted by Crippen LogP contribution is -2.26. The van der Waals surface area contributed by atoms with E-state index in [1.165, 1.54) is 12.1 Å². The van der Waals surface area contributed by atoms with Crippen LogP contribution in [0.5, 0.6) is 5.75 Å². The van der Waals surface area contributed by atoms with Crippen LogP contribution >= 0.6 is 0 Å². The Morgan fingerprint density at radius 2 is 1.90 bits per heavy atom. The van der Waals surface area contributed by atoms with Gasteiger partial charge in [0.1, 0.15) is 11.4 Å². The highest BCUT2D eigenvalue weighted by Crippen LogP contribution is 2.30. The smallest absolute Gasteiger partial charge is 0.422 e. The first-order valence-electron chi connectivity index (χ1n) is 5.41. The number of alkyl halides is 3. The molecule has 0 aliphatic carbocycles. The SMILES string of the molecule is Cc1ccc(N=C(N)N=C(N)N)c(OCC(F)(F)F)c1. The molecule has 0 unspecified atom stereocenters. The van der Waals surface area contributed by atoms with Gasteiger partial charge in [-0.3, -0.25) is 0 Å². The molecule has 1 rings (SSSR count). The summed E-state index contributed by atoms with van der Waals surface area (Å²) in [5.74, 6) is -0.655. The summed E-state index contributed by atoms with van der Waals surface area (Å²) >= 11 is 0. The number of hydrogen-bond donors (Lipinski definition) is 3. The Kier molecular flexibility index (Phi) is 4.78. The fourth-order valence-corrected chi connectivity index (χ4v) is 1.27. The van der Waals surface area contributed by atoms with E-state index in [0.717, 1.165) is 0 Å². The molecule has 0 amide bonds. The Morgan fingerprint density at radius 3 is 2.45 bits per heavy atom. The first kappa shape index (κ1) is 15.6. The number of nitrogens with zero attached hydrogens (tertiary/aromatic N) is 2. The van der Waals surface area contributed by atoms with Gasteiger partial charge in [-0.25, -0.2) is 4.99 Å². The number of rotatable bonds is 3. The zero-order valence-electron chi connectivity index (χ0n) is 10.6. The Labute approximate surface area is 113 Å². The number of aliphatic imine (C=N–C) groups is 2. The van der Waals surface area contributed by atoms with Gasteiger partial charge in [-0.1, -0.05) is 6.07 Å². The third-order valence-electron chi connectivity index (χ3n) is 1.99. The van der Waals surface area contributed by atoms with Crippen molar-refractivity contribution in [1.82, 2.24) is 0 Å². The average molecular weight is 289 g/mol. The highest BCUT2D eigenvalue weighted by molar-refractivity contribution is 5.93. The molecule has 0 aliphatic heterocycles. The van der Waals surface area contributed by atoms with Crippen LogP contribution in [-0.2, 0) is 0 Å². The molecule has 1 aromatic rings. The second-order valence-electron chi connectivity index (χ2n) is 3.88. The summed E-state index contributed by atoms with van der Waals surface area (Å²) < 4.78 is 41.2. The number of guanidine groups is 2. The Morgan fingerprint density at radius 1 is 1.25 bits per heavy atom. The van der Waals surface area contributed by atoms with E-state index in [1.807, 2.05) is 0 Å². The number of hydrogen-bond acceptors (Lipinski definition) is 2. The molecule has 0 saturated carbocycles. The number of ether oxygens (including phenoxy) is 1. The summed E-state index contributed by atoms with van der Waals surface area (Å²) in [6.45, 7) is 0.272. The number of aryl methyl sites for hydroxylation is 1. The van der Waals surface area contributed by atoms with Crippen LogP contribution in [-0.4, -0.2) is 24.7 Å². The van der Waals surface area contributed by atoms with Crippen LogP contribution in [0, 0.1) is 6.92 Å². The molecular formula is C11H14F3N5O. The highest BCUT2D eigenvalue weighted by Gasteiger charge is 2.28. The summed E-state index contributed by atoms with van der Waals surface area (Å²) in [6.07, 6.45) is -4.45. The molecule has 0 saturated heterocycles. The van der Waals surface area contributed by atoms with E-state index in [2.05, 4.69) is 14.7 Å². The monoisotopic (exact) mass is 289 g/mol. The van der Waals surface area contributed by atoms with Crippen molar-refractivity contribution in [3.63, 3.8) is 0 Å². The summed E-state index contributed by atoms with van der Waals surface area (Å²) in [7, 11) is 0. The van der Waals surface area contributed by atoms with Crippen LogP contribution < -0.4 is 21.9 Å². The highest BCUT2D eigenvalue weighted by atomic mass is 19.4. The van der Waals surface area contributed by atoms with Crippen LogP contribution in [0.25, 0.3) is 0 Å². The second kappa shape index (κ2) is 6.13. The molecule has 0 spiro atoms. The van der Waals surface area contributed by atoms with Crippen molar-refractivity contribution in [2.24, 2.45) is 27.2 Å². The minimum atomic E-state index is -4.45. The molecule has 0 heterocycles. The largest absolute Gasteiger partial charge is 0.482 e. The molecule has 0 aromatic heterocycles. The third kappa shape index (κ3) is 5.46. The predicted molar refractivity (Wildman–Crippen MR) is 69.8 cm³/mol. The van der Waals surface area contributed by atoms with Gasteiger partial charge in [-0.15, -0.1) is 0 Å². The topological polar surface area (TPSA) is 112 Å². The molecule has 20 heavy (non-hydrogen) atoms. The zero-order valence-corrected chi connectivity index (χ0v) is 10.6. The quantitative estimate of drug-likeness (QED) is 0.572. The number of nitrogens with two attached hydrogens (primary N) is 3. The van der Waals surface area contributed by atoms with Crippen molar-refractivity contribution in [3.05, 3.63) is 23.8 Å². The number of halogens is 3. The van der Waals surface area contributed by atoms with Crippen molar-refractivity contribution in [2.75, 3.05) is 6.61 Å². The zero-order chi connectivity index (χ0) is 15.3. The fraction of sp³-hybridized carbons (Fsp3) is 0.273. The minimum absolute atomic E-state index is 0.0592. The normalized spacial score (nSPS) is 12.1. The number of benzene rings is 1. The van der Waals surface area contributed by atoms with Crippen LogP contribution in [0.15, 0.2) is 28.2 Å². The van der Waals surface area contributed by atoms with E-state index < -0.39 is 12.8 Å². The van der Waals surface area contributed by atoms with Crippen LogP contribution in [0.3, 0.4) is 0 Å². The maximum atomic E-state index is 12.2. The van der Waals surface area contributed by atoms with Crippen molar-refractivity contribution < 1.29 is 17.9 Å². The van der Waals surface area contributed by atoms with E-state index in [1.54, 1.807) is 13.0 Å². The van der Waals surface area contributed by atoms with Gasteiger partial charge in [0.25, 0.3) is 0 Å². The van der Waals surface area contributed by atoms with Gasteiger partial charge in [0.05, 0.1) is 0 Å². The predicted octanol–water partition coefficient (Wildman–Crippen LogP) is 1.16. The van der Waals surface area contributed by atoms with E-state index in [0.29, 0.717) is 5.56 Å². The molecule has 0 bridgehead atoms. The third-order valence-corrected chi connectivity index (χ3v) is 1.99. The van der Waals surface area contributed by atoms with Gasteiger partial charge in [-0.2, -0.15) is 18.2 Å². The lowest BCUT2D eigenvalue weighted by Gasteiger charge is -2.11. The molecule has 1 aromatic carbocycles. The Balaban J connectivity index is 3.04. The molecule has 9 heteroatoms. The Hall–Kier alpha value is -2.45. The minimum Gasteiger partial charge on any atom is -0.482 e. The second-order valence-corrected chi connectivity index (χ2v) is 3.88. The van der Waals surface area contributed by atoms with Crippen LogP contribution in [0.2, 0.25) is 0 Å². The first-order chi connectivity index (χ1) is 9.17. The molecule has 0 radical (unpaired) electrons. The molecule has 110 valence electrons. The molecule has 6 nitrogen and oxygen atoms in total. The van der Waals surface area contributed by atoms with Gasteiger partial charge in [-0.05, 0) is 24.6 Å². The molecule has 0 aliphatic rings. The molecule has 0 fully saturated rings. The standard InChI is InChI=1S/C11H14F3N5O/c1-6-2-3-7(18-10(17)19-9(15)16)8(4-6)20-5-11(12,13)14/h2-4H,5H2,1H3,(H6,15,16,17,18,19). The fourth-order valence-electron chi connectivity index (χ4n) is 1.27. The average Bonchev–Trinajstić information content (AvgIpc) is 2.27. The molecule has 0 atom stereocenters. The summed E-state index contributed by atoms with van der Waals surface area (Å²) in [5, 5.41) is 0. The first-order valence-corrected chi connectivity index (χ1v) is 5.41. The van der Waals surface area contributed by atoms with Crippen LogP contribution in [0.1, 0.15) is 5.56 Å². The van der Waals surface area contributed by atoms with Crippen molar-refractivity contribution in [2.45, 2.75) is 13.1 Å². The van der Waals surface area contributed by atoms with E-state index >= 15 is 0 Å². The molecule has 6 N–H and O–H groups in total. The lowest BCUT2D eigenvalue weighted by atomic mass is 10.2. The van der Waals surface area contributed by atoms with Gasteiger partial charge in [0.2, 0.25) is 5.96 Å². The summed E-state index contributed by atoms with van der Waals surface area (Å²) in [6, 6.07) is 4.51. The van der Waals surface area contributed by atoms with Gasteiger partial charge in [0, 0.05) is 0 Å². The van der Waals surface area contributed by atoms with Crippen molar-refractivity contribution in [3.8, 4) is 5.75 Å². The van der Waals surface area contributed by atoms with Gasteiger partial charge >= 0.3 is 6.18 Å². The van der Waals surface area contributed by atoms with Gasteiger partial charge in [0.15, 0.2) is 12.6 Å². The maximum Gasteiger partial charge on any atom is 0.422 e. The maximum absolute atomic E-state index is 12.2. The van der Waals surface area contributed by atoms with E-state index in [4.69, 9.17) is 17.2 Å². The van der Waals surface area contributed by atoms with Crippen molar-refractivity contribution in [1.29, 1.82) is 0 Å². The Bertz CT molecular complexity index is 535. The van der Waals surface area contributed by atoms with E-state index in [9.17, 15) is 13.2 Å². The van der Waals surface area contributed by atoms with Crippen molar-refractivity contribution >= 4 is 17.6 Å². The van der Waals surface area contributed by atoms with Gasteiger partial charge < -0.3 is 21.9 Å². The summed E-state index contributed by atoms with van der Waals surface area (Å²) in [5.41, 5.74) is 16.5.